The van der Waals surface area contributed by atoms with E-state index in [9.17, 15) is 4.79 Å². The van der Waals surface area contributed by atoms with Crippen LogP contribution in [0.4, 0.5) is 4.79 Å². The highest BCUT2D eigenvalue weighted by Crippen LogP contribution is 2.26. The molecule has 5 nitrogen and oxygen atoms in total. The summed E-state index contributed by atoms with van der Waals surface area (Å²) in [4.78, 5) is 22.6. The maximum absolute atomic E-state index is 12.2. The first-order valence-electron chi connectivity index (χ1n) is 7.22. The van der Waals surface area contributed by atoms with Crippen molar-refractivity contribution in [1.29, 1.82) is 0 Å². The second-order valence-electron chi connectivity index (χ2n) is 5.14. The minimum absolute atomic E-state index is 0.263. The molecule has 0 saturated carbocycles. The summed E-state index contributed by atoms with van der Waals surface area (Å²) in [6, 6.07) is 9.61. The van der Waals surface area contributed by atoms with Gasteiger partial charge in [-0.3, -0.25) is 0 Å². The SMILES string of the molecule is CSc1nc(Cl)c2c(n1)CCN(C(=O)OCc1ccccc1)C2. The number of rotatable bonds is 3. The normalized spacial score (nSPS) is 13.6. The predicted octanol–water partition coefficient (Wildman–Crippen LogP) is 3.55. The van der Waals surface area contributed by atoms with Crippen molar-refractivity contribution in [1.82, 2.24) is 14.9 Å². The number of fused-ring (bicyclic) bond motifs is 1. The lowest BCUT2D eigenvalue weighted by atomic mass is 10.1. The van der Waals surface area contributed by atoms with Gasteiger partial charge in [0.25, 0.3) is 0 Å². The molecule has 0 unspecified atom stereocenters. The van der Waals surface area contributed by atoms with E-state index >= 15 is 0 Å². The van der Waals surface area contributed by atoms with Crippen LogP contribution in [0.15, 0.2) is 35.5 Å². The number of halogens is 1. The Morgan fingerprint density at radius 2 is 2.13 bits per heavy atom. The molecule has 120 valence electrons. The van der Waals surface area contributed by atoms with Crippen molar-refractivity contribution in [2.24, 2.45) is 0 Å². The number of nitrogens with zero attached hydrogens (tertiary/aromatic N) is 3. The molecule has 7 heteroatoms. The van der Waals surface area contributed by atoms with Gasteiger partial charge >= 0.3 is 6.09 Å². The minimum Gasteiger partial charge on any atom is -0.445 e. The summed E-state index contributed by atoms with van der Waals surface area (Å²) >= 11 is 7.68. The highest BCUT2D eigenvalue weighted by molar-refractivity contribution is 7.98. The Labute approximate surface area is 144 Å². The molecule has 1 amide bonds. The van der Waals surface area contributed by atoms with E-state index in [0.717, 1.165) is 16.8 Å². The fourth-order valence-corrected chi connectivity index (χ4v) is 3.09. The van der Waals surface area contributed by atoms with E-state index in [0.29, 0.717) is 29.8 Å². The third-order valence-electron chi connectivity index (χ3n) is 3.64. The molecule has 1 aromatic carbocycles. The molecule has 1 aliphatic rings. The highest BCUT2D eigenvalue weighted by Gasteiger charge is 2.25. The van der Waals surface area contributed by atoms with E-state index < -0.39 is 0 Å². The largest absolute Gasteiger partial charge is 0.445 e. The summed E-state index contributed by atoms with van der Waals surface area (Å²) in [5.74, 6) is 0. The Morgan fingerprint density at radius 1 is 1.35 bits per heavy atom. The molecule has 1 aromatic heterocycles. The number of benzene rings is 1. The molecule has 0 spiro atoms. The zero-order chi connectivity index (χ0) is 16.2. The number of hydrogen-bond acceptors (Lipinski definition) is 5. The first kappa shape index (κ1) is 16.1. The highest BCUT2D eigenvalue weighted by atomic mass is 35.5. The molecule has 0 radical (unpaired) electrons. The second kappa shape index (κ2) is 7.19. The van der Waals surface area contributed by atoms with Crippen LogP contribution in [-0.2, 0) is 24.3 Å². The number of aromatic nitrogens is 2. The molecular weight excluding hydrogens is 334 g/mol. The van der Waals surface area contributed by atoms with E-state index in [4.69, 9.17) is 16.3 Å². The van der Waals surface area contributed by atoms with Gasteiger partial charge in [0.1, 0.15) is 11.8 Å². The Morgan fingerprint density at radius 3 is 2.87 bits per heavy atom. The molecule has 3 rings (SSSR count). The molecule has 23 heavy (non-hydrogen) atoms. The fraction of sp³-hybridized carbons (Fsp3) is 0.312. The predicted molar refractivity (Wildman–Crippen MR) is 89.6 cm³/mol. The van der Waals surface area contributed by atoms with Crippen LogP contribution in [-0.4, -0.2) is 33.8 Å². The summed E-state index contributed by atoms with van der Waals surface area (Å²) in [5, 5.41) is 1.08. The van der Waals surface area contributed by atoms with Crippen LogP contribution in [0.3, 0.4) is 0 Å². The van der Waals surface area contributed by atoms with Crippen LogP contribution < -0.4 is 0 Å². The third kappa shape index (κ3) is 3.76. The smallest absolute Gasteiger partial charge is 0.410 e. The van der Waals surface area contributed by atoms with Crippen molar-refractivity contribution in [3.63, 3.8) is 0 Å². The zero-order valence-corrected chi connectivity index (χ0v) is 14.2. The summed E-state index contributed by atoms with van der Waals surface area (Å²) in [6.07, 6.45) is 2.23. The van der Waals surface area contributed by atoms with Crippen molar-refractivity contribution >= 4 is 29.5 Å². The molecule has 1 aliphatic heterocycles. The van der Waals surface area contributed by atoms with Crippen LogP contribution in [0, 0.1) is 0 Å². The molecule has 0 N–H and O–H groups in total. The number of amides is 1. The lowest BCUT2D eigenvalue weighted by molar-refractivity contribution is 0.0915. The van der Waals surface area contributed by atoms with Gasteiger partial charge in [0, 0.05) is 18.5 Å². The van der Waals surface area contributed by atoms with Crippen LogP contribution in [0.5, 0.6) is 0 Å². The van der Waals surface area contributed by atoms with Gasteiger partial charge in [-0.15, -0.1) is 0 Å². The van der Waals surface area contributed by atoms with Gasteiger partial charge in [-0.05, 0) is 11.8 Å². The van der Waals surface area contributed by atoms with Crippen molar-refractivity contribution in [3.8, 4) is 0 Å². The first-order valence-corrected chi connectivity index (χ1v) is 8.82. The van der Waals surface area contributed by atoms with E-state index in [1.54, 1.807) is 4.90 Å². The van der Waals surface area contributed by atoms with Gasteiger partial charge in [-0.1, -0.05) is 53.7 Å². The standard InChI is InChI=1S/C16H16ClN3O2S/c1-23-15-18-13-7-8-20(9-12(13)14(17)19-15)16(21)22-10-11-5-3-2-4-6-11/h2-6H,7-10H2,1H3. The zero-order valence-electron chi connectivity index (χ0n) is 12.7. The van der Waals surface area contributed by atoms with Crippen LogP contribution in [0.1, 0.15) is 16.8 Å². The monoisotopic (exact) mass is 349 g/mol. The third-order valence-corrected chi connectivity index (χ3v) is 4.50. The molecule has 2 heterocycles. The van der Waals surface area contributed by atoms with E-state index in [2.05, 4.69) is 9.97 Å². The molecule has 0 atom stereocenters. The maximum atomic E-state index is 12.2. The first-order chi connectivity index (χ1) is 11.2. The minimum atomic E-state index is -0.343. The fourth-order valence-electron chi connectivity index (χ4n) is 2.41. The molecule has 0 aliphatic carbocycles. The average molecular weight is 350 g/mol. The molecule has 0 fully saturated rings. The quantitative estimate of drug-likeness (QED) is 0.482. The van der Waals surface area contributed by atoms with Crippen molar-refractivity contribution in [2.75, 3.05) is 12.8 Å². The molecule has 2 aromatic rings. The van der Waals surface area contributed by atoms with Crippen LogP contribution in [0.25, 0.3) is 0 Å². The van der Waals surface area contributed by atoms with Crippen molar-refractivity contribution in [2.45, 2.75) is 24.7 Å². The molecule has 0 bridgehead atoms. The van der Waals surface area contributed by atoms with E-state index in [-0.39, 0.29) is 12.7 Å². The van der Waals surface area contributed by atoms with Gasteiger partial charge < -0.3 is 9.64 Å². The second-order valence-corrected chi connectivity index (χ2v) is 6.27. The topological polar surface area (TPSA) is 55.3 Å². The van der Waals surface area contributed by atoms with Crippen molar-refractivity contribution < 1.29 is 9.53 Å². The summed E-state index contributed by atoms with van der Waals surface area (Å²) in [5.41, 5.74) is 2.69. The Hall–Kier alpha value is -1.79. The van der Waals surface area contributed by atoms with Crippen LogP contribution >= 0.6 is 23.4 Å². The van der Waals surface area contributed by atoms with Gasteiger partial charge in [-0.2, -0.15) is 0 Å². The summed E-state index contributed by atoms with van der Waals surface area (Å²) in [6.45, 7) is 1.22. The number of carbonyl (C=O) groups is 1. The van der Waals surface area contributed by atoms with Gasteiger partial charge in [-0.25, -0.2) is 14.8 Å². The van der Waals surface area contributed by atoms with Gasteiger partial charge in [0.15, 0.2) is 5.16 Å². The van der Waals surface area contributed by atoms with Gasteiger partial charge in [0.05, 0.1) is 12.2 Å². The van der Waals surface area contributed by atoms with E-state index in [1.165, 1.54) is 11.8 Å². The molecular formula is C16H16ClN3O2S. The average Bonchev–Trinajstić information content (AvgIpc) is 2.60. The van der Waals surface area contributed by atoms with Crippen LogP contribution in [0.2, 0.25) is 5.15 Å². The summed E-state index contributed by atoms with van der Waals surface area (Å²) in [7, 11) is 0. The van der Waals surface area contributed by atoms with Crippen molar-refractivity contribution in [3.05, 3.63) is 52.3 Å². The number of carbonyl (C=O) groups excluding carboxylic acids is 1. The number of ether oxygens (including phenoxy) is 1. The van der Waals surface area contributed by atoms with E-state index in [1.807, 2.05) is 36.6 Å². The maximum Gasteiger partial charge on any atom is 0.410 e. The van der Waals surface area contributed by atoms with Gasteiger partial charge in [0.2, 0.25) is 0 Å². The number of hydrogen-bond donors (Lipinski definition) is 0. The lowest BCUT2D eigenvalue weighted by Gasteiger charge is -2.28. The Balaban J connectivity index is 1.66. The number of thioether (sulfide) groups is 1. The molecule has 0 saturated heterocycles. The summed E-state index contributed by atoms with van der Waals surface area (Å²) < 4.78 is 5.37. The lowest BCUT2D eigenvalue weighted by Crippen LogP contribution is -2.37. The Kier molecular flexibility index (Phi) is 5.03. The Bertz CT molecular complexity index is 712.